The van der Waals surface area contributed by atoms with Gasteiger partial charge in [0.15, 0.2) is 11.5 Å². The number of benzene rings is 4. The van der Waals surface area contributed by atoms with E-state index in [4.69, 9.17) is 9.47 Å². The van der Waals surface area contributed by atoms with E-state index in [1.165, 1.54) is 11.8 Å². The highest BCUT2D eigenvalue weighted by atomic mass is 79.9. The van der Waals surface area contributed by atoms with Gasteiger partial charge in [0.25, 0.3) is 5.91 Å². The lowest BCUT2D eigenvalue weighted by atomic mass is 10.1. The van der Waals surface area contributed by atoms with Gasteiger partial charge in [0.2, 0.25) is 5.91 Å². The second-order valence-corrected chi connectivity index (χ2v) is 9.88. The van der Waals surface area contributed by atoms with Crippen molar-refractivity contribution in [3.8, 4) is 11.5 Å². The Kier molecular flexibility index (Phi) is 10.1. The Labute approximate surface area is 242 Å². The van der Waals surface area contributed by atoms with E-state index in [0.29, 0.717) is 40.4 Å². The molecule has 0 bridgehead atoms. The molecule has 0 aliphatic rings. The molecule has 204 valence electrons. The molecule has 0 saturated carbocycles. The Hall–Kier alpha value is -4.43. The number of hydrazone groups is 1. The minimum Gasteiger partial charge on any atom is -0.490 e. The largest absolute Gasteiger partial charge is 0.490 e. The molecule has 4 aromatic carbocycles. The predicted molar refractivity (Wildman–Crippen MR) is 161 cm³/mol. The van der Waals surface area contributed by atoms with E-state index >= 15 is 0 Å². The topological polar surface area (TPSA) is 89.0 Å². The highest BCUT2D eigenvalue weighted by molar-refractivity contribution is 9.10. The monoisotopic (exact) mass is 599 g/mol. The van der Waals surface area contributed by atoms with Crippen LogP contribution in [0, 0.1) is 6.92 Å². The van der Waals surface area contributed by atoms with E-state index in [1.807, 2.05) is 74.5 Å². The van der Waals surface area contributed by atoms with Crippen LogP contribution in [-0.2, 0) is 17.8 Å². The van der Waals surface area contributed by atoms with E-state index in [2.05, 4.69) is 31.8 Å². The van der Waals surface area contributed by atoms with E-state index in [9.17, 15) is 9.59 Å². The Morgan fingerprint density at radius 1 is 0.900 bits per heavy atom. The molecule has 0 unspecified atom stereocenters. The summed E-state index contributed by atoms with van der Waals surface area (Å²) >= 11 is 3.57. The zero-order valence-electron chi connectivity index (χ0n) is 22.3. The molecule has 2 amide bonds. The molecule has 0 heterocycles. The summed E-state index contributed by atoms with van der Waals surface area (Å²) < 4.78 is 12.6. The van der Waals surface area contributed by atoms with Gasteiger partial charge in [0.05, 0.1) is 23.7 Å². The molecule has 0 radical (unpaired) electrons. The van der Waals surface area contributed by atoms with Crippen LogP contribution in [0.2, 0.25) is 0 Å². The van der Waals surface area contributed by atoms with Crippen LogP contribution >= 0.6 is 15.9 Å². The minimum absolute atomic E-state index is 0.128. The molecule has 0 aliphatic heterocycles. The fourth-order valence-electron chi connectivity index (χ4n) is 3.83. The van der Waals surface area contributed by atoms with Gasteiger partial charge in [-0.05, 0) is 82.9 Å². The Morgan fingerprint density at radius 3 is 2.33 bits per heavy atom. The summed E-state index contributed by atoms with van der Waals surface area (Å²) in [7, 11) is 0. The molecule has 40 heavy (non-hydrogen) atoms. The third-order valence-electron chi connectivity index (χ3n) is 5.85. The molecule has 7 nitrogen and oxygen atoms in total. The minimum atomic E-state index is -0.374. The van der Waals surface area contributed by atoms with Gasteiger partial charge in [-0.1, -0.05) is 60.2 Å². The van der Waals surface area contributed by atoms with E-state index in [-0.39, 0.29) is 18.2 Å². The van der Waals surface area contributed by atoms with Gasteiger partial charge in [0, 0.05) is 11.3 Å². The number of hydrogen-bond donors (Lipinski definition) is 2. The molecule has 0 aliphatic carbocycles. The number of rotatable bonds is 11. The summed E-state index contributed by atoms with van der Waals surface area (Å²) in [6.07, 6.45) is 1.81. The van der Waals surface area contributed by atoms with Gasteiger partial charge in [-0.25, -0.2) is 5.43 Å². The standard InChI is InChI=1S/C32H30BrN3O4/c1-3-39-29-18-25(17-28(33)31(29)40-21-24-11-9-22(2)10-12-24)20-34-36-32(38)26-13-15-27(16-14-26)35-30(37)19-23-7-5-4-6-8-23/h4-18,20H,3,19,21H2,1-2H3,(H,35,37)(H,36,38)/b34-20-. The zero-order valence-corrected chi connectivity index (χ0v) is 23.9. The maximum absolute atomic E-state index is 12.6. The molecule has 4 rings (SSSR count). The molecule has 2 N–H and O–H groups in total. The van der Waals surface area contributed by atoms with Crippen molar-refractivity contribution in [1.82, 2.24) is 5.43 Å². The predicted octanol–water partition coefficient (Wildman–Crippen LogP) is 6.68. The van der Waals surface area contributed by atoms with Crippen molar-refractivity contribution in [2.75, 3.05) is 11.9 Å². The highest BCUT2D eigenvalue weighted by Crippen LogP contribution is 2.37. The van der Waals surface area contributed by atoms with Gasteiger partial charge in [-0.2, -0.15) is 5.10 Å². The van der Waals surface area contributed by atoms with Crippen LogP contribution < -0.4 is 20.2 Å². The first-order valence-corrected chi connectivity index (χ1v) is 13.6. The molecule has 0 fully saturated rings. The summed E-state index contributed by atoms with van der Waals surface area (Å²) in [5.74, 6) is 0.666. The molecule has 0 saturated heterocycles. The second-order valence-electron chi connectivity index (χ2n) is 9.02. The fraction of sp³-hybridized carbons (Fsp3) is 0.156. The van der Waals surface area contributed by atoms with E-state index in [0.717, 1.165) is 16.7 Å². The normalized spacial score (nSPS) is 10.8. The smallest absolute Gasteiger partial charge is 0.271 e. The molecule has 8 heteroatoms. The lowest BCUT2D eigenvalue weighted by Crippen LogP contribution is -2.18. The second kappa shape index (κ2) is 14.1. The van der Waals surface area contributed by atoms with E-state index < -0.39 is 0 Å². The average Bonchev–Trinajstić information content (AvgIpc) is 2.94. The van der Waals surface area contributed by atoms with Crippen molar-refractivity contribution >= 4 is 39.6 Å². The Morgan fingerprint density at radius 2 is 1.62 bits per heavy atom. The number of anilines is 1. The van der Waals surface area contributed by atoms with Crippen molar-refractivity contribution in [2.24, 2.45) is 5.10 Å². The summed E-state index contributed by atoms with van der Waals surface area (Å²) in [5.41, 5.74) is 7.44. The summed E-state index contributed by atoms with van der Waals surface area (Å²) in [6.45, 7) is 4.81. The zero-order chi connectivity index (χ0) is 28.3. The van der Waals surface area contributed by atoms with Gasteiger partial charge >= 0.3 is 0 Å². The number of aryl methyl sites for hydroxylation is 1. The molecular formula is C32H30BrN3O4. The SMILES string of the molecule is CCOc1cc(/C=N\NC(=O)c2ccc(NC(=O)Cc3ccccc3)cc2)cc(Br)c1OCc1ccc(C)cc1. The van der Waals surface area contributed by atoms with Crippen molar-refractivity contribution < 1.29 is 19.1 Å². The number of carbonyl (C=O) groups is 2. The highest BCUT2D eigenvalue weighted by Gasteiger charge is 2.13. The number of halogens is 1. The molecule has 4 aromatic rings. The lowest BCUT2D eigenvalue weighted by Gasteiger charge is -2.15. The van der Waals surface area contributed by atoms with Crippen molar-refractivity contribution in [3.63, 3.8) is 0 Å². The lowest BCUT2D eigenvalue weighted by molar-refractivity contribution is -0.115. The number of carbonyl (C=O) groups excluding carboxylic acids is 2. The van der Waals surface area contributed by atoms with Crippen LogP contribution in [-0.4, -0.2) is 24.6 Å². The number of nitrogens with zero attached hydrogens (tertiary/aromatic N) is 1. The van der Waals surface area contributed by atoms with Crippen LogP contribution in [0.3, 0.4) is 0 Å². The summed E-state index contributed by atoms with van der Waals surface area (Å²) in [5, 5.41) is 6.94. The van der Waals surface area contributed by atoms with Gasteiger partial charge in [0.1, 0.15) is 6.61 Å². The van der Waals surface area contributed by atoms with Crippen molar-refractivity contribution in [3.05, 3.63) is 123 Å². The Balaban J connectivity index is 1.34. The first-order chi connectivity index (χ1) is 19.4. The third-order valence-corrected chi connectivity index (χ3v) is 6.44. The van der Waals surface area contributed by atoms with Crippen molar-refractivity contribution in [1.29, 1.82) is 0 Å². The third kappa shape index (κ3) is 8.28. The first kappa shape index (κ1) is 28.6. The number of ether oxygens (including phenoxy) is 2. The maximum atomic E-state index is 12.6. The van der Waals surface area contributed by atoms with Crippen LogP contribution in [0.25, 0.3) is 0 Å². The van der Waals surface area contributed by atoms with Gasteiger partial charge in [-0.3, -0.25) is 9.59 Å². The maximum Gasteiger partial charge on any atom is 0.271 e. The van der Waals surface area contributed by atoms with Gasteiger partial charge in [-0.15, -0.1) is 0 Å². The molecule has 0 spiro atoms. The van der Waals surface area contributed by atoms with Crippen LogP contribution in [0.5, 0.6) is 11.5 Å². The first-order valence-electron chi connectivity index (χ1n) is 12.8. The number of hydrogen-bond acceptors (Lipinski definition) is 5. The number of nitrogens with one attached hydrogen (secondary N) is 2. The van der Waals surface area contributed by atoms with Crippen LogP contribution in [0.4, 0.5) is 5.69 Å². The molecule has 0 atom stereocenters. The number of amides is 2. The quantitative estimate of drug-likeness (QED) is 0.149. The fourth-order valence-corrected chi connectivity index (χ4v) is 4.40. The van der Waals surface area contributed by atoms with E-state index in [1.54, 1.807) is 30.3 Å². The summed E-state index contributed by atoms with van der Waals surface area (Å²) in [6, 6.07) is 27.9. The van der Waals surface area contributed by atoms with Crippen LogP contribution in [0.1, 0.15) is 39.5 Å². The van der Waals surface area contributed by atoms with Crippen LogP contribution in [0.15, 0.2) is 101 Å². The van der Waals surface area contributed by atoms with Crippen molar-refractivity contribution in [2.45, 2.75) is 26.9 Å². The molecular weight excluding hydrogens is 570 g/mol. The Bertz CT molecular complexity index is 1470. The average molecular weight is 601 g/mol. The van der Waals surface area contributed by atoms with Gasteiger partial charge < -0.3 is 14.8 Å². The summed E-state index contributed by atoms with van der Waals surface area (Å²) in [4.78, 5) is 24.8. The molecule has 0 aromatic heterocycles.